The van der Waals surface area contributed by atoms with Gasteiger partial charge in [-0.05, 0) is 19.1 Å². The van der Waals surface area contributed by atoms with Crippen LogP contribution in [0.3, 0.4) is 0 Å². The standard InChI is InChI=1S/C9H8F2O3/c1-2-14-9(13)5-3-6(10)8(12)7(11)4-5/h3-4,12H,2H2,1H3. The Morgan fingerprint density at radius 2 is 1.93 bits per heavy atom. The summed E-state index contributed by atoms with van der Waals surface area (Å²) in [7, 11) is 0. The summed E-state index contributed by atoms with van der Waals surface area (Å²) >= 11 is 0. The number of phenolic OH excluding ortho intramolecular Hbond substituents is 1. The predicted octanol–water partition coefficient (Wildman–Crippen LogP) is 1.85. The van der Waals surface area contributed by atoms with Crippen LogP contribution in [0.2, 0.25) is 0 Å². The van der Waals surface area contributed by atoms with E-state index in [0.29, 0.717) is 0 Å². The zero-order chi connectivity index (χ0) is 10.7. The van der Waals surface area contributed by atoms with E-state index in [4.69, 9.17) is 5.11 Å². The van der Waals surface area contributed by atoms with E-state index >= 15 is 0 Å². The molecule has 0 saturated heterocycles. The maximum Gasteiger partial charge on any atom is 0.338 e. The molecule has 0 bridgehead atoms. The molecule has 1 rings (SSSR count). The maximum atomic E-state index is 12.7. The van der Waals surface area contributed by atoms with Crippen LogP contribution in [0.25, 0.3) is 0 Å². The third kappa shape index (κ3) is 1.99. The first-order valence-corrected chi connectivity index (χ1v) is 3.91. The summed E-state index contributed by atoms with van der Waals surface area (Å²) in [5.74, 6) is -4.30. The second kappa shape index (κ2) is 4.04. The monoisotopic (exact) mass is 202 g/mol. The van der Waals surface area contributed by atoms with Crippen LogP contribution in [0, 0.1) is 11.6 Å². The fourth-order valence-electron chi connectivity index (χ4n) is 0.898. The lowest BCUT2D eigenvalue weighted by atomic mass is 10.2. The Hall–Kier alpha value is -1.65. The third-order valence-corrected chi connectivity index (χ3v) is 1.53. The smallest absolute Gasteiger partial charge is 0.338 e. The zero-order valence-electron chi connectivity index (χ0n) is 7.38. The average Bonchev–Trinajstić information content (AvgIpc) is 2.13. The number of ether oxygens (including phenoxy) is 1. The van der Waals surface area contributed by atoms with E-state index in [1.54, 1.807) is 6.92 Å². The minimum absolute atomic E-state index is 0.114. The molecule has 0 unspecified atom stereocenters. The lowest BCUT2D eigenvalue weighted by molar-refractivity contribution is 0.0525. The van der Waals surface area contributed by atoms with Crippen molar-refractivity contribution in [3.8, 4) is 5.75 Å². The lowest BCUT2D eigenvalue weighted by Gasteiger charge is -2.03. The van der Waals surface area contributed by atoms with Gasteiger partial charge in [-0.15, -0.1) is 0 Å². The van der Waals surface area contributed by atoms with E-state index in [2.05, 4.69) is 4.74 Å². The van der Waals surface area contributed by atoms with Crippen molar-refractivity contribution in [3.05, 3.63) is 29.3 Å². The fourth-order valence-corrected chi connectivity index (χ4v) is 0.898. The molecule has 0 aromatic heterocycles. The fraction of sp³-hybridized carbons (Fsp3) is 0.222. The van der Waals surface area contributed by atoms with Gasteiger partial charge >= 0.3 is 5.97 Å². The number of carbonyl (C=O) groups is 1. The Kier molecular flexibility index (Phi) is 3.01. The normalized spacial score (nSPS) is 9.93. The van der Waals surface area contributed by atoms with Crippen LogP contribution < -0.4 is 0 Å². The van der Waals surface area contributed by atoms with Gasteiger partial charge in [0.2, 0.25) is 0 Å². The van der Waals surface area contributed by atoms with E-state index in [-0.39, 0.29) is 12.2 Å². The van der Waals surface area contributed by atoms with Gasteiger partial charge in [-0.2, -0.15) is 0 Å². The largest absolute Gasteiger partial charge is 0.503 e. The minimum atomic E-state index is -1.19. The van der Waals surface area contributed by atoms with Gasteiger partial charge in [0.15, 0.2) is 17.4 Å². The van der Waals surface area contributed by atoms with Gasteiger partial charge in [-0.3, -0.25) is 0 Å². The molecule has 1 aromatic carbocycles. The summed E-state index contributed by atoms with van der Waals surface area (Å²) in [6, 6.07) is 1.44. The molecule has 0 radical (unpaired) electrons. The van der Waals surface area contributed by atoms with Gasteiger partial charge in [0.25, 0.3) is 0 Å². The minimum Gasteiger partial charge on any atom is -0.503 e. The molecular weight excluding hydrogens is 194 g/mol. The molecule has 0 aliphatic carbocycles. The van der Waals surface area contributed by atoms with Crippen molar-refractivity contribution in [2.24, 2.45) is 0 Å². The van der Waals surface area contributed by atoms with Crippen LogP contribution in [0.5, 0.6) is 5.75 Å². The summed E-state index contributed by atoms with van der Waals surface area (Å²) in [4.78, 5) is 11.0. The van der Waals surface area contributed by atoms with Crippen molar-refractivity contribution >= 4 is 5.97 Å². The third-order valence-electron chi connectivity index (χ3n) is 1.53. The number of rotatable bonds is 2. The number of hydrogen-bond acceptors (Lipinski definition) is 3. The molecule has 0 spiro atoms. The van der Waals surface area contributed by atoms with E-state index in [0.717, 1.165) is 12.1 Å². The summed E-state index contributed by atoms with van der Waals surface area (Å²) in [5.41, 5.74) is -0.264. The van der Waals surface area contributed by atoms with Crippen molar-refractivity contribution in [2.45, 2.75) is 6.92 Å². The van der Waals surface area contributed by atoms with Crippen molar-refractivity contribution in [3.63, 3.8) is 0 Å². The maximum absolute atomic E-state index is 12.7. The van der Waals surface area contributed by atoms with Crippen LogP contribution in [-0.2, 0) is 4.74 Å². The van der Waals surface area contributed by atoms with Crippen LogP contribution in [-0.4, -0.2) is 17.7 Å². The molecule has 0 aliphatic heterocycles. The van der Waals surface area contributed by atoms with Crippen LogP contribution in [0.1, 0.15) is 17.3 Å². The first-order chi connectivity index (χ1) is 6.56. The van der Waals surface area contributed by atoms with Crippen molar-refractivity contribution in [1.82, 2.24) is 0 Å². The Bertz CT molecular complexity index is 340. The molecule has 1 aromatic rings. The number of carbonyl (C=O) groups excluding carboxylic acids is 1. The predicted molar refractivity (Wildman–Crippen MR) is 44.0 cm³/mol. The topological polar surface area (TPSA) is 46.5 Å². The molecule has 0 atom stereocenters. The number of phenols is 1. The first-order valence-electron chi connectivity index (χ1n) is 3.91. The van der Waals surface area contributed by atoms with E-state index in [1.807, 2.05) is 0 Å². The molecule has 0 heterocycles. The Morgan fingerprint density at radius 3 is 2.36 bits per heavy atom. The zero-order valence-corrected chi connectivity index (χ0v) is 7.38. The lowest BCUT2D eigenvalue weighted by Crippen LogP contribution is -2.05. The number of benzene rings is 1. The van der Waals surface area contributed by atoms with E-state index in [9.17, 15) is 13.6 Å². The molecule has 0 amide bonds. The average molecular weight is 202 g/mol. The van der Waals surface area contributed by atoms with Gasteiger partial charge in [0.1, 0.15) is 0 Å². The molecule has 0 saturated carbocycles. The summed E-state index contributed by atoms with van der Waals surface area (Å²) in [6.45, 7) is 1.69. The van der Waals surface area contributed by atoms with Gasteiger partial charge in [-0.1, -0.05) is 0 Å². The number of halogens is 2. The number of aromatic hydroxyl groups is 1. The second-order valence-electron chi connectivity index (χ2n) is 2.51. The molecule has 0 fully saturated rings. The second-order valence-corrected chi connectivity index (χ2v) is 2.51. The molecule has 3 nitrogen and oxygen atoms in total. The molecule has 14 heavy (non-hydrogen) atoms. The summed E-state index contributed by atoms with van der Waals surface area (Å²) in [5, 5.41) is 8.74. The van der Waals surface area contributed by atoms with Crippen LogP contribution in [0.15, 0.2) is 12.1 Å². The highest BCUT2D eigenvalue weighted by Crippen LogP contribution is 2.21. The van der Waals surface area contributed by atoms with Crippen molar-refractivity contribution < 1.29 is 23.4 Å². The highest BCUT2D eigenvalue weighted by atomic mass is 19.1. The molecule has 0 aliphatic rings. The highest BCUT2D eigenvalue weighted by Gasteiger charge is 2.14. The summed E-state index contributed by atoms with van der Waals surface area (Å²) < 4.78 is 30.0. The molecular formula is C9H8F2O3. The SMILES string of the molecule is CCOC(=O)c1cc(F)c(O)c(F)c1. The molecule has 76 valence electrons. The van der Waals surface area contributed by atoms with E-state index in [1.165, 1.54) is 0 Å². The van der Waals surface area contributed by atoms with Gasteiger partial charge < -0.3 is 9.84 Å². The highest BCUT2D eigenvalue weighted by molar-refractivity contribution is 5.89. The Labute approximate surface area is 78.9 Å². The van der Waals surface area contributed by atoms with Crippen molar-refractivity contribution in [1.29, 1.82) is 0 Å². The first kappa shape index (κ1) is 10.4. The molecule has 1 N–H and O–H groups in total. The molecule has 5 heteroatoms. The summed E-state index contributed by atoms with van der Waals surface area (Å²) in [6.07, 6.45) is 0. The van der Waals surface area contributed by atoms with Crippen LogP contribution >= 0.6 is 0 Å². The Balaban J connectivity index is 3.06. The van der Waals surface area contributed by atoms with Crippen molar-refractivity contribution in [2.75, 3.05) is 6.61 Å². The van der Waals surface area contributed by atoms with Gasteiger partial charge in [0, 0.05) is 0 Å². The Morgan fingerprint density at radius 1 is 1.43 bits per heavy atom. The van der Waals surface area contributed by atoms with Gasteiger partial charge in [0.05, 0.1) is 12.2 Å². The van der Waals surface area contributed by atoms with E-state index < -0.39 is 23.4 Å². The van der Waals surface area contributed by atoms with Gasteiger partial charge in [-0.25, -0.2) is 13.6 Å². The van der Waals surface area contributed by atoms with Crippen LogP contribution in [0.4, 0.5) is 8.78 Å². The number of hydrogen-bond donors (Lipinski definition) is 1. The number of esters is 1. The quantitative estimate of drug-likeness (QED) is 0.744.